The van der Waals surface area contributed by atoms with Gasteiger partial charge in [0, 0.05) is 22.4 Å². The number of methoxy groups -OCH3 is 1. The second-order valence-electron chi connectivity index (χ2n) is 7.06. The molecule has 4 rings (SSSR count). The fourth-order valence-electron chi connectivity index (χ4n) is 3.84. The summed E-state index contributed by atoms with van der Waals surface area (Å²) < 4.78 is 5.04. The van der Waals surface area contributed by atoms with Crippen LogP contribution < -0.4 is 5.32 Å². The maximum absolute atomic E-state index is 12.9. The summed E-state index contributed by atoms with van der Waals surface area (Å²) in [7, 11) is 1.26. The number of carbonyl (C=O) groups is 1. The molecule has 160 valence electrons. The van der Waals surface area contributed by atoms with Gasteiger partial charge in [-0.1, -0.05) is 71.7 Å². The van der Waals surface area contributed by atoms with Crippen LogP contribution >= 0.6 is 23.2 Å². The monoisotopic (exact) mass is 458 g/mol. The zero-order chi connectivity index (χ0) is 22.1. The quantitative estimate of drug-likeness (QED) is 0.469. The summed E-state index contributed by atoms with van der Waals surface area (Å²) in [4.78, 5) is 14.2. The third-order valence-electron chi connectivity index (χ3n) is 5.32. The Hall–Kier alpha value is -2.61. The van der Waals surface area contributed by atoms with E-state index in [0.717, 1.165) is 0 Å². The van der Waals surface area contributed by atoms with Crippen LogP contribution in [0.1, 0.15) is 35.2 Å². The van der Waals surface area contributed by atoms with Crippen molar-refractivity contribution in [2.45, 2.75) is 18.5 Å². The van der Waals surface area contributed by atoms with E-state index < -0.39 is 24.5 Å². The minimum atomic E-state index is -1.20. The molecular weight excluding hydrogens is 439 g/mol. The number of halogens is 2. The second kappa shape index (κ2) is 8.86. The fraction of sp³-hybridized carbons (Fsp3) is 0.174. The van der Waals surface area contributed by atoms with Gasteiger partial charge in [-0.2, -0.15) is 0 Å². The van der Waals surface area contributed by atoms with Crippen molar-refractivity contribution in [2.24, 2.45) is 0 Å². The number of hydrogen-bond acceptors (Lipinski definition) is 6. The van der Waals surface area contributed by atoms with Crippen LogP contribution in [0, 0.1) is 0 Å². The Morgan fingerprint density at radius 2 is 1.48 bits per heavy atom. The number of para-hydroxylation sites is 2. The lowest BCUT2D eigenvalue weighted by Gasteiger charge is -2.32. The van der Waals surface area contributed by atoms with Crippen molar-refractivity contribution in [1.29, 1.82) is 0 Å². The number of hydrogen-bond donors (Lipinski definition) is 3. The number of nitrogens with one attached hydrogen (secondary N) is 1. The van der Waals surface area contributed by atoms with E-state index in [1.165, 1.54) is 12.0 Å². The van der Waals surface area contributed by atoms with Crippen LogP contribution in [0.3, 0.4) is 0 Å². The molecule has 0 aliphatic carbocycles. The molecule has 3 unspecified atom stereocenters. The van der Waals surface area contributed by atoms with Gasteiger partial charge in [-0.3, -0.25) is 0 Å². The molecule has 3 aromatic rings. The first kappa shape index (κ1) is 21.6. The predicted octanol–water partition coefficient (Wildman–Crippen LogP) is 4.95. The van der Waals surface area contributed by atoms with Crippen molar-refractivity contribution in [2.75, 3.05) is 12.4 Å². The Balaban J connectivity index is 1.80. The van der Waals surface area contributed by atoms with E-state index in [2.05, 4.69) is 5.32 Å². The SMILES string of the molecule is COC(=O)C(c1ccccc1Nc1c(Cl)cccc1Cl)N1C(O)c2ccccc2C1O. The van der Waals surface area contributed by atoms with Gasteiger partial charge in [0.05, 0.1) is 22.8 Å². The maximum atomic E-state index is 12.9. The van der Waals surface area contributed by atoms with E-state index in [1.54, 1.807) is 66.7 Å². The summed E-state index contributed by atoms with van der Waals surface area (Å²) in [5.41, 5.74) is 2.55. The molecule has 6 nitrogen and oxygen atoms in total. The van der Waals surface area contributed by atoms with Crippen molar-refractivity contribution >= 4 is 40.5 Å². The van der Waals surface area contributed by atoms with Gasteiger partial charge in [0.2, 0.25) is 0 Å². The highest BCUT2D eigenvalue weighted by Gasteiger charge is 2.45. The standard InChI is InChI=1S/C23H20Cl2N2O4/c1-31-23(30)20(27-21(28)13-7-2-3-8-14(13)22(27)29)15-9-4-5-12-18(15)26-19-16(24)10-6-11-17(19)25/h2-12,20-22,26,28-29H,1H3. The Bertz CT molecular complexity index is 1070. The van der Waals surface area contributed by atoms with Gasteiger partial charge >= 0.3 is 5.97 Å². The van der Waals surface area contributed by atoms with E-state index in [4.69, 9.17) is 27.9 Å². The molecule has 3 atom stereocenters. The molecule has 1 aliphatic heterocycles. The molecule has 1 heterocycles. The minimum Gasteiger partial charge on any atom is -0.468 e. The number of rotatable bonds is 5. The van der Waals surface area contributed by atoms with Crippen LogP contribution in [0.2, 0.25) is 10.0 Å². The average Bonchev–Trinajstić information content (AvgIpc) is 3.03. The molecule has 8 heteroatoms. The Morgan fingerprint density at radius 3 is 2.06 bits per heavy atom. The highest BCUT2D eigenvalue weighted by atomic mass is 35.5. The molecule has 0 saturated heterocycles. The molecule has 0 amide bonds. The van der Waals surface area contributed by atoms with E-state index in [9.17, 15) is 15.0 Å². The lowest BCUT2D eigenvalue weighted by Crippen LogP contribution is -2.36. The van der Waals surface area contributed by atoms with Crippen LogP contribution in [-0.2, 0) is 9.53 Å². The van der Waals surface area contributed by atoms with Gasteiger partial charge in [-0.05, 0) is 18.2 Å². The van der Waals surface area contributed by atoms with Crippen LogP contribution in [0.4, 0.5) is 11.4 Å². The summed E-state index contributed by atoms with van der Waals surface area (Å²) in [5, 5.41) is 25.9. The first-order chi connectivity index (χ1) is 14.9. The zero-order valence-electron chi connectivity index (χ0n) is 16.5. The number of carbonyl (C=O) groups excluding carboxylic acids is 1. The molecule has 3 aromatic carbocycles. The van der Waals surface area contributed by atoms with Crippen LogP contribution in [-0.4, -0.2) is 28.2 Å². The minimum absolute atomic E-state index is 0.408. The van der Waals surface area contributed by atoms with Crippen molar-refractivity contribution < 1.29 is 19.7 Å². The van der Waals surface area contributed by atoms with Crippen molar-refractivity contribution in [3.05, 3.63) is 93.5 Å². The molecule has 1 aliphatic rings. The van der Waals surface area contributed by atoms with Crippen LogP contribution in [0.25, 0.3) is 0 Å². The van der Waals surface area contributed by atoms with Gasteiger partial charge < -0.3 is 20.3 Å². The number of esters is 1. The largest absolute Gasteiger partial charge is 0.468 e. The van der Waals surface area contributed by atoms with Gasteiger partial charge in [-0.25, -0.2) is 9.69 Å². The lowest BCUT2D eigenvalue weighted by molar-refractivity contribution is -0.165. The molecule has 0 fully saturated rings. The number of benzene rings is 3. The van der Waals surface area contributed by atoms with E-state index in [1.807, 2.05) is 0 Å². The number of aliphatic hydroxyl groups is 2. The topological polar surface area (TPSA) is 82.0 Å². The number of ether oxygens (including phenoxy) is 1. The van der Waals surface area contributed by atoms with E-state index >= 15 is 0 Å². The highest BCUT2D eigenvalue weighted by molar-refractivity contribution is 6.39. The molecular formula is C23H20Cl2N2O4. The van der Waals surface area contributed by atoms with Crippen LogP contribution in [0.5, 0.6) is 0 Å². The van der Waals surface area contributed by atoms with Gasteiger partial charge in [0.1, 0.15) is 18.5 Å². The van der Waals surface area contributed by atoms with Gasteiger partial charge in [-0.15, -0.1) is 0 Å². The third-order valence-corrected chi connectivity index (χ3v) is 5.95. The van der Waals surface area contributed by atoms with Crippen molar-refractivity contribution in [3.63, 3.8) is 0 Å². The third kappa shape index (κ3) is 3.89. The molecule has 0 spiro atoms. The number of nitrogens with zero attached hydrogens (tertiary/aromatic N) is 1. The summed E-state index contributed by atoms with van der Waals surface area (Å²) in [6, 6.07) is 18.0. The molecule has 0 saturated carbocycles. The molecule has 0 bridgehead atoms. The van der Waals surface area contributed by atoms with Crippen molar-refractivity contribution in [3.8, 4) is 0 Å². The second-order valence-corrected chi connectivity index (χ2v) is 7.87. The summed E-state index contributed by atoms with van der Waals surface area (Å²) >= 11 is 12.6. The summed E-state index contributed by atoms with van der Waals surface area (Å²) in [5.74, 6) is -0.634. The first-order valence-electron chi connectivity index (χ1n) is 9.54. The maximum Gasteiger partial charge on any atom is 0.327 e. The number of aliphatic hydroxyl groups excluding tert-OH is 2. The predicted molar refractivity (Wildman–Crippen MR) is 119 cm³/mol. The van der Waals surface area contributed by atoms with Gasteiger partial charge in [0.25, 0.3) is 0 Å². The summed E-state index contributed by atoms with van der Waals surface area (Å²) in [6.07, 6.45) is -2.40. The summed E-state index contributed by atoms with van der Waals surface area (Å²) in [6.45, 7) is 0. The molecule has 31 heavy (non-hydrogen) atoms. The van der Waals surface area contributed by atoms with Gasteiger partial charge in [0.15, 0.2) is 0 Å². The van der Waals surface area contributed by atoms with E-state index in [0.29, 0.717) is 38.1 Å². The first-order valence-corrected chi connectivity index (χ1v) is 10.3. The molecule has 3 N–H and O–H groups in total. The molecule has 0 aromatic heterocycles. The Labute approximate surface area is 189 Å². The Morgan fingerprint density at radius 1 is 0.935 bits per heavy atom. The Kier molecular flexibility index (Phi) is 6.18. The lowest BCUT2D eigenvalue weighted by atomic mass is 10.0. The molecule has 0 radical (unpaired) electrons. The van der Waals surface area contributed by atoms with Crippen molar-refractivity contribution in [1.82, 2.24) is 4.90 Å². The van der Waals surface area contributed by atoms with E-state index in [-0.39, 0.29) is 0 Å². The normalized spacial score (nSPS) is 19.0. The zero-order valence-corrected chi connectivity index (χ0v) is 18.0. The van der Waals surface area contributed by atoms with Crippen LogP contribution in [0.15, 0.2) is 66.7 Å². The highest BCUT2D eigenvalue weighted by Crippen LogP contribution is 2.46. The number of fused-ring (bicyclic) bond motifs is 1. The smallest absolute Gasteiger partial charge is 0.327 e. The average molecular weight is 459 g/mol. The number of anilines is 2. The fourth-order valence-corrected chi connectivity index (χ4v) is 4.33.